The lowest BCUT2D eigenvalue weighted by Gasteiger charge is -2.39. The predicted octanol–water partition coefficient (Wildman–Crippen LogP) is 1.63. The lowest BCUT2D eigenvalue weighted by atomic mass is 9.88. The molecule has 1 aliphatic rings. The van der Waals surface area contributed by atoms with Crippen molar-refractivity contribution in [1.29, 1.82) is 0 Å². The third kappa shape index (κ3) is 3.56. The Morgan fingerprint density at radius 1 is 1.50 bits per heavy atom. The zero-order chi connectivity index (χ0) is 12.2. The number of nitrogens with zero attached hydrogens (tertiary/aromatic N) is 2. The molecule has 0 aromatic heterocycles. The predicted molar refractivity (Wildman–Crippen MR) is 67.6 cm³/mol. The number of likely N-dealkylation sites (N-methyl/N-ethyl adjacent to an activating group) is 1. The van der Waals surface area contributed by atoms with Gasteiger partial charge in [-0.3, -0.25) is 0 Å². The molecule has 0 bridgehead atoms. The summed E-state index contributed by atoms with van der Waals surface area (Å²) in [6.45, 7) is 7.34. The van der Waals surface area contributed by atoms with Crippen LogP contribution >= 0.6 is 0 Å². The van der Waals surface area contributed by atoms with E-state index in [1.165, 1.54) is 12.8 Å². The van der Waals surface area contributed by atoms with Crippen LogP contribution in [0.3, 0.4) is 0 Å². The molecule has 0 aromatic rings. The SMILES string of the molecule is CCC(C)(C=O)CN1CCCC(N(C)C)C1. The molecule has 1 fully saturated rings. The van der Waals surface area contributed by atoms with Gasteiger partial charge in [-0.25, -0.2) is 0 Å². The Morgan fingerprint density at radius 2 is 2.19 bits per heavy atom. The van der Waals surface area contributed by atoms with E-state index >= 15 is 0 Å². The summed E-state index contributed by atoms with van der Waals surface area (Å²) in [5.74, 6) is 0. The molecule has 0 amide bonds. The van der Waals surface area contributed by atoms with E-state index in [1.54, 1.807) is 0 Å². The summed E-state index contributed by atoms with van der Waals surface area (Å²) in [5, 5.41) is 0. The quantitative estimate of drug-likeness (QED) is 0.666. The topological polar surface area (TPSA) is 23.6 Å². The van der Waals surface area contributed by atoms with Gasteiger partial charge in [0.2, 0.25) is 0 Å². The zero-order valence-corrected chi connectivity index (χ0v) is 11.2. The van der Waals surface area contributed by atoms with Crippen molar-refractivity contribution < 1.29 is 4.79 Å². The van der Waals surface area contributed by atoms with Crippen LogP contribution < -0.4 is 0 Å². The largest absolute Gasteiger partial charge is 0.305 e. The number of carbonyl (C=O) groups excluding carboxylic acids is 1. The maximum absolute atomic E-state index is 11.1. The van der Waals surface area contributed by atoms with Crippen molar-refractivity contribution in [2.75, 3.05) is 33.7 Å². The van der Waals surface area contributed by atoms with Crippen molar-refractivity contribution in [2.24, 2.45) is 5.41 Å². The standard InChI is InChI=1S/C13H26N2O/c1-5-13(2,11-16)10-15-8-6-7-12(9-15)14(3)4/h11-12H,5-10H2,1-4H3. The fraction of sp³-hybridized carbons (Fsp3) is 0.923. The van der Waals surface area contributed by atoms with Gasteiger partial charge >= 0.3 is 0 Å². The first kappa shape index (κ1) is 13.7. The summed E-state index contributed by atoms with van der Waals surface area (Å²) in [4.78, 5) is 15.9. The van der Waals surface area contributed by atoms with Gasteiger partial charge in [0.05, 0.1) is 0 Å². The van der Waals surface area contributed by atoms with E-state index in [4.69, 9.17) is 0 Å². The van der Waals surface area contributed by atoms with Crippen molar-refractivity contribution in [3.05, 3.63) is 0 Å². The number of rotatable bonds is 5. The van der Waals surface area contributed by atoms with Crippen LogP contribution in [0.4, 0.5) is 0 Å². The second-order valence-corrected chi connectivity index (χ2v) is 5.62. The number of hydrogen-bond donors (Lipinski definition) is 0. The van der Waals surface area contributed by atoms with E-state index in [0.717, 1.165) is 32.3 Å². The van der Waals surface area contributed by atoms with Crippen LogP contribution in [0.5, 0.6) is 0 Å². The summed E-state index contributed by atoms with van der Waals surface area (Å²) >= 11 is 0. The molecule has 0 aromatic carbocycles. The second-order valence-electron chi connectivity index (χ2n) is 5.62. The highest BCUT2D eigenvalue weighted by Gasteiger charge is 2.28. The van der Waals surface area contributed by atoms with E-state index in [-0.39, 0.29) is 5.41 Å². The van der Waals surface area contributed by atoms with E-state index < -0.39 is 0 Å². The smallest absolute Gasteiger partial charge is 0.127 e. The van der Waals surface area contributed by atoms with Crippen LogP contribution in [0.25, 0.3) is 0 Å². The monoisotopic (exact) mass is 226 g/mol. The normalized spacial score (nSPS) is 26.7. The lowest BCUT2D eigenvalue weighted by molar-refractivity contribution is -0.116. The number of aldehydes is 1. The molecule has 1 rings (SSSR count). The Kier molecular flexibility index (Phi) is 4.93. The summed E-state index contributed by atoms with van der Waals surface area (Å²) in [7, 11) is 4.29. The van der Waals surface area contributed by atoms with Crippen LogP contribution in [0.15, 0.2) is 0 Å². The molecule has 3 nitrogen and oxygen atoms in total. The van der Waals surface area contributed by atoms with Crippen molar-refractivity contribution in [3.8, 4) is 0 Å². The molecule has 0 N–H and O–H groups in total. The Labute approximate surface area is 99.8 Å². The van der Waals surface area contributed by atoms with Gasteiger partial charge in [0.15, 0.2) is 0 Å². The van der Waals surface area contributed by atoms with Gasteiger partial charge in [0.1, 0.15) is 6.29 Å². The summed E-state index contributed by atoms with van der Waals surface area (Å²) in [5.41, 5.74) is -0.159. The molecule has 0 radical (unpaired) electrons. The van der Waals surface area contributed by atoms with Crippen LogP contribution in [-0.2, 0) is 4.79 Å². The van der Waals surface area contributed by atoms with Crippen molar-refractivity contribution in [3.63, 3.8) is 0 Å². The Balaban J connectivity index is 2.51. The van der Waals surface area contributed by atoms with Crippen LogP contribution in [0.2, 0.25) is 0 Å². The van der Waals surface area contributed by atoms with Gasteiger partial charge in [-0.15, -0.1) is 0 Å². The van der Waals surface area contributed by atoms with Gasteiger partial charge in [-0.1, -0.05) is 13.8 Å². The van der Waals surface area contributed by atoms with Gasteiger partial charge in [0, 0.05) is 24.5 Å². The molecule has 2 atom stereocenters. The third-order valence-corrected chi connectivity index (χ3v) is 3.89. The van der Waals surface area contributed by atoms with E-state index in [2.05, 4.69) is 37.7 Å². The van der Waals surface area contributed by atoms with Crippen molar-refractivity contribution >= 4 is 6.29 Å². The maximum atomic E-state index is 11.1. The van der Waals surface area contributed by atoms with Gasteiger partial charge in [0.25, 0.3) is 0 Å². The van der Waals surface area contributed by atoms with Gasteiger partial charge in [-0.2, -0.15) is 0 Å². The number of hydrogen-bond acceptors (Lipinski definition) is 3. The van der Waals surface area contributed by atoms with Crippen molar-refractivity contribution in [1.82, 2.24) is 9.80 Å². The average Bonchev–Trinajstić information content (AvgIpc) is 2.29. The van der Waals surface area contributed by atoms with E-state index in [9.17, 15) is 4.79 Å². The maximum Gasteiger partial charge on any atom is 0.127 e. The molecule has 0 saturated carbocycles. The molecule has 16 heavy (non-hydrogen) atoms. The Bertz CT molecular complexity index is 230. The molecular formula is C13H26N2O. The fourth-order valence-corrected chi connectivity index (χ4v) is 2.34. The number of likely N-dealkylation sites (tertiary alicyclic amines) is 1. The Hall–Kier alpha value is -0.410. The van der Waals surface area contributed by atoms with Crippen molar-refractivity contribution in [2.45, 2.75) is 39.2 Å². The van der Waals surface area contributed by atoms with Crippen LogP contribution in [-0.4, -0.2) is 55.9 Å². The van der Waals surface area contributed by atoms with E-state index in [1.807, 2.05) is 0 Å². The first-order valence-electron chi connectivity index (χ1n) is 6.36. The molecule has 94 valence electrons. The second kappa shape index (κ2) is 5.78. The van der Waals surface area contributed by atoms with Gasteiger partial charge in [-0.05, 0) is 39.9 Å². The van der Waals surface area contributed by atoms with Crippen LogP contribution in [0, 0.1) is 5.41 Å². The highest BCUT2D eigenvalue weighted by Crippen LogP contribution is 2.22. The van der Waals surface area contributed by atoms with E-state index in [0.29, 0.717) is 6.04 Å². The third-order valence-electron chi connectivity index (χ3n) is 3.89. The molecular weight excluding hydrogens is 200 g/mol. The first-order valence-corrected chi connectivity index (χ1v) is 6.36. The highest BCUT2D eigenvalue weighted by molar-refractivity contribution is 5.58. The Morgan fingerprint density at radius 3 is 2.69 bits per heavy atom. The lowest BCUT2D eigenvalue weighted by Crippen LogP contribution is -2.48. The summed E-state index contributed by atoms with van der Waals surface area (Å²) in [6, 6.07) is 0.654. The summed E-state index contributed by atoms with van der Waals surface area (Å²) < 4.78 is 0. The number of piperidine rings is 1. The molecule has 0 spiro atoms. The number of carbonyl (C=O) groups is 1. The average molecular weight is 226 g/mol. The molecule has 1 saturated heterocycles. The molecule has 1 heterocycles. The first-order chi connectivity index (χ1) is 7.50. The minimum Gasteiger partial charge on any atom is -0.305 e. The van der Waals surface area contributed by atoms with Crippen LogP contribution in [0.1, 0.15) is 33.1 Å². The zero-order valence-electron chi connectivity index (χ0n) is 11.2. The van der Waals surface area contributed by atoms with Gasteiger partial charge < -0.3 is 14.6 Å². The fourth-order valence-electron chi connectivity index (χ4n) is 2.34. The highest BCUT2D eigenvalue weighted by atomic mass is 16.1. The molecule has 3 heteroatoms. The minimum absolute atomic E-state index is 0.159. The molecule has 0 aliphatic carbocycles. The summed E-state index contributed by atoms with van der Waals surface area (Å²) in [6.07, 6.45) is 4.60. The minimum atomic E-state index is -0.159. The molecule has 2 unspecified atom stereocenters. The molecule has 1 aliphatic heterocycles.